The molecule has 2 aromatic heterocycles. The van der Waals surface area contributed by atoms with E-state index in [0.717, 1.165) is 56.2 Å². The molecular weight excluding hydrogens is 371 g/mol. The van der Waals surface area contributed by atoms with Gasteiger partial charge in [-0.05, 0) is 48.1 Å². The fourth-order valence-electron chi connectivity index (χ4n) is 3.63. The Kier molecular flexibility index (Phi) is 4.78. The maximum absolute atomic E-state index is 10.5. The van der Waals surface area contributed by atoms with Crippen molar-refractivity contribution < 1.29 is 9.21 Å². The van der Waals surface area contributed by atoms with Gasteiger partial charge in [-0.15, -0.1) is 0 Å². The standard InChI is InChI=1S/C25H18BN2O2/c29-16-26-13-17-5-8-20(9-6-17)28-21-10-7-19-14-27-15-23(22(19)12-21)25-11-18-3-1-2-4-24(18)30-25/h1-12,14-16,28H,13H2. The number of benzene rings is 3. The molecule has 143 valence electrons. The third-order valence-electron chi connectivity index (χ3n) is 5.14. The quantitative estimate of drug-likeness (QED) is 0.295. The van der Waals surface area contributed by atoms with E-state index < -0.39 is 0 Å². The number of anilines is 2. The summed E-state index contributed by atoms with van der Waals surface area (Å²) in [6, 6.07) is 24.4. The molecule has 0 amide bonds. The summed E-state index contributed by atoms with van der Waals surface area (Å²) < 4.78 is 6.08. The van der Waals surface area contributed by atoms with Gasteiger partial charge in [0, 0.05) is 40.1 Å². The van der Waals surface area contributed by atoms with Gasteiger partial charge in [0.15, 0.2) is 0 Å². The molecule has 0 aliphatic rings. The summed E-state index contributed by atoms with van der Waals surface area (Å²) in [5.41, 5.74) is 4.91. The number of hydrogen-bond donors (Lipinski definition) is 1. The predicted molar refractivity (Wildman–Crippen MR) is 123 cm³/mol. The van der Waals surface area contributed by atoms with Crippen LogP contribution < -0.4 is 5.32 Å². The Morgan fingerprint density at radius 3 is 2.57 bits per heavy atom. The number of nitrogens with one attached hydrogen (secondary N) is 1. The highest BCUT2D eigenvalue weighted by atomic mass is 16.3. The summed E-state index contributed by atoms with van der Waals surface area (Å²) in [4.78, 5) is 14.9. The zero-order valence-corrected chi connectivity index (χ0v) is 16.2. The lowest BCUT2D eigenvalue weighted by molar-refractivity contribution is 0.568. The lowest BCUT2D eigenvalue weighted by Gasteiger charge is -2.10. The van der Waals surface area contributed by atoms with E-state index in [1.807, 2.05) is 67.0 Å². The van der Waals surface area contributed by atoms with Crippen LogP contribution in [0, 0.1) is 0 Å². The van der Waals surface area contributed by atoms with Crippen LogP contribution in [0.4, 0.5) is 11.4 Å². The number of para-hydroxylation sites is 1. The maximum atomic E-state index is 10.5. The number of carbonyl (C=O) groups is 1. The highest BCUT2D eigenvalue weighted by molar-refractivity contribution is 6.66. The Bertz CT molecular complexity index is 1310. The average molecular weight is 389 g/mol. The molecule has 1 radical (unpaired) electrons. The third-order valence-corrected chi connectivity index (χ3v) is 5.14. The molecule has 5 rings (SSSR count). The Hall–Kier alpha value is -3.86. The lowest BCUT2D eigenvalue weighted by atomic mass is 9.74. The molecule has 0 aliphatic carbocycles. The smallest absolute Gasteiger partial charge is 0.202 e. The van der Waals surface area contributed by atoms with Gasteiger partial charge in [0.2, 0.25) is 7.28 Å². The molecule has 3 aromatic carbocycles. The highest BCUT2D eigenvalue weighted by Crippen LogP contribution is 2.34. The number of hydrogen-bond acceptors (Lipinski definition) is 4. The van der Waals surface area contributed by atoms with Gasteiger partial charge in [-0.25, -0.2) is 0 Å². The summed E-state index contributed by atoms with van der Waals surface area (Å²) in [6.07, 6.45) is 5.19. The zero-order chi connectivity index (χ0) is 20.3. The Morgan fingerprint density at radius 2 is 1.73 bits per heavy atom. The van der Waals surface area contributed by atoms with Crippen molar-refractivity contribution in [1.82, 2.24) is 4.98 Å². The van der Waals surface area contributed by atoms with E-state index in [4.69, 9.17) is 4.42 Å². The largest absolute Gasteiger partial charge is 0.456 e. The molecule has 0 bridgehead atoms. The first-order chi connectivity index (χ1) is 14.8. The normalized spacial score (nSPS) is 10.9. The summed E-state index contributed by atoms with van der Waals surface area (Å²) in [7, 11) is 1.61. The number of nitrogens with zero attached hydrogens (tertiary/aromatic N) is 1. The molecule has 0 aliphatic heterocycles. The monoisotopic (exact) mass is 389 g/mol. The van der Waals surface area contributed by atoms with Gasteiger partial charge < -0.3 is 14.5 Å². The van der Waals surface area contributed by atoms with Crippen LogP contribution in [-0.4, -0.2) is 18.4 Å². The molecule has 30 heavy (non-hydrogen) atoms. The van der Waals surface area contributed by atoms with E-state index >= 15 is 0 Å². The minimum atomic E-state index is 0.646. The van der Waals surface area contributed by atoms with Gasteiger partial charge in [-0.2, -0.15) is 0 Å². The summed E-state index contributed by atoms with van der Waals surface area (Å²) in [5.74, 6) is 0.808. The van der Waals surface area contributed by atoms with Crippen LogP contribution in [0.1, 0.15) is 5.56 Å². The number of rotatable bonds is 6. The van der Waals surface area contributed by atoms with Crippen LogP contribution in [0.15, 0.2) is 89.6 Å². The minimum Gasteiger partial charge on any atom is -0.456 e. The van der Waals surface area contributed by atoms with Crippen molar-refractivity contribution in [3.63, 3.8) is 0 Å². The SMILES string of the molecule is O=C[B]Cc1ccc(Nc2ccc3cncc(-c4cc5ccccc5o4)c3c2)cc1. The lowest BCUT2D eigenvalue weighted by Crippen LogP contribution is -1.98. The van der Waals surface area contributed by atoms with E-state index in [-0.39, 0.29) is 0 Å². The van der Waals surface area contributed by atoms with Crippen LogP contribution in [0.2, 0.25) is 0 Å². The Morgan fingerprint density at radius 1 is 0.900 bits per heavy atom. The second kappa shape index (κ2) is 7.87. The number of carbonyl (C=O) groups excluding carboxylic acids is 1. The van der Waals surface area contributed by atoms with Gasteiger partial charge in [0.25, 0.3) is 0 Å². The molecule has 0 unspecified atom stereocenters. The zero-order valence-electron chi connectivity index (χ0n) is 16.2. The van der Waals surface area contributed by atoms with Crippen molar-refractivity contribution in [1.29, 1.82) is 0 Å². The fraction of sp³-hybridized carbons (Fsp3) is 0.0400. The van der Waals surface area contributed by atoms with E-state index in [9.17, 15) is 4.79 Å². The minimum absolute atomic E-state index is 0.646. The van der Waals surface area contributed by atoms with E-state index in [0.29, 0.717) is 6.32 Å². The molecule has 0 atom stereocenters. The molecule has 0 saturated carbocycles. The van der Waals surface area contributed by atoms with Gasteiger partial charge in [-0.1, -0.05) is 42.0 Å². The fourth-order valence-corrected chi connectivity index (χ4v) is 3.63. The number of pyridine rings is 1. The van der Waals surface area contributed by atoms with Crippen LogP contribution in [0.25, 0.3) is 33.1 Å². The van der Waals surface area contributed by atoms with Crippen LogP contribution in [0.5, 0.6) is 0 Å². The average Bonchev–Trinajstić information content (AvgIpc) is 3.22. The van der Waals surface area contributed by atoms with Crippen LogP contribution in [-0.2, 0) is 11.1 Å². The van der Waals surface area contributed by atoms with Crippen molar-refractivity contribution >= 4 is 46.6 Å². The second-order valence-electron chi connectivity index (χ2n) is 7.17. The molecule has 4 nitrogen and oxygen atoms in total. The molecular formula is C25H18BN2O2. The highest BCUT2D eigenvalue weighted by Gasteiger charge is 2.11. The summed E-state index contributed by atoms with van der Waals surface area (Å²) >= 11 is 0. The van der Waals surface area contributed by atoms with Crippen molar-refractivity contribution in [2.75, 3.05) is 5.32 Å². The molecule has 5 aromatic rings. The van der Waals surface area contributed by atoms with Gasteiger partial charge in [0.1, 0.15) is 11.3 Å². The third kappa shape index (κ3) is 3.58. The number of aromatic nitrogens is 1. The molecule has 0 spiro atoms. The molecule has 0 fully saturated rings. The maximum Gasteiger partial charge on any atom is 0.202 e. The van der Waals surface area contributed by atoms with Crippen molar-refractivity contribution in [2.24, 2.45) is 0 Å². The summed E-state index contributed by atoms with van der Waals surface area (Å²) in [6.45, 7) is 0. The van der Waals surface area contributed by atoms with Gasteiger partial charge >= 0.3 is 0 Å². The van der Waals surface area contributed by atoms with Gasteiger partial charge in [0.05, 0.1) is 6.19 Å². The first-order valence-corrected chi connectivity index (χ1v) is 9.80. The molecule has 5 heteroatoms. The second-order valence-corrected chi connectivity index (χ2v) is 7.17. The first kappa shape index (κ1) is 18.2. The van der Waals surface area contributed by atoms with Crippen LogP contribution >= 0.6 is 0 Å². The number of fused-ring (bicyclic) bond motifs is 2. The molecule has 2 heterocycles. The van der Waals surface area contributed by atoms with E-state index in [1.54, 1.807) is 7.28 Å². The topological polar surface area (TPSA) is 55.1 Å². The van der Waals surface area contributed by atoms with Crippen LogP contribution in [0.3, 0.4) is 0 Å². The molecule has 0 saturated heterocycles. The Balaban J connectivity index is 1.49. The predicted octanol–water partition coefficient (Wildman–Crippen LogP) is 5.79. The van der Waals surface area contributed by atoms with Gasteiger partial charge in [-0.3, -0.25) is 4.98 Å². The molecule has 1 N–H and O–H groups in total. The van der Waals surface area contributed by atoms with Crippen molar-refractivity contribution in [2.45, 2.75) is 6.32 Å². The first-order valence-electron chi connectivity index (χ1n) is 9.80. The Labute approximate surface area is 174 Å². The van der Waals surface area contributed by atoms with E-state index in [1.165, 1.54) is 0 Å². The van der Waals surface area contributed by atoms with Crippen molar-refractivity contribution in [3.8, 4) is 11.3 Å². The number of furan rings is 1. The van der Waals surface area contributed by atoms with E-state index in [2.05, 4.69) is 28.5 Å². The van der Waals surface area contributed by atoms with Crippen molar-refractivity contribution in [3.05, 3.63) is 90.8 Å². The summed E-state index contributed by atoms with van der Waals surface area (Å²) in [5, 5.41) is 6.66.